The molecule has 0 unspecified atom stereocenters. The third-order valence-corrected chi connectivity index (χ3v) is 8.20. The van der Waals surface area contributed by atoms with E-state index in [1.165, 1.54) is 15.8 Å². The average molecular weight is 478 g/mol. The van der Waals surface area contributed by atoms with Crippen molar-refractivity contribution in [2.75, 3.05) is 44.2 Å². The largest absolute Gasteiger partial charge is 0.352 e. The zero-order chi connectivity index (χ0) is 23.8. The number of aryl methyl sites for hydroxylation is 1. The molecule has 2 aromatic heterocycles. The predicted octanol–water partition coefficient (Wildman–Crippen LogP) is 4.54. The van der Waals surface area contributed by atoms with Crippen LogP contribution in [0.5, 0.6) is 0 Å². The number of rotatable bonds is 5. The maximum Gasteiger partial charge on any atom is 0.254 e. The summed E-state index contributed by atoms with van der Waals surface area (Å²) in [7, 11) is 0. The first-order chi connectivity index (χ1) is 16.4. The Bertz CT molecular complexity index is 1200. The highest BCUT2D eigenvalue weighted by molar-refractivity contribution is 7.19. The Hall–Kier alpha value is -2.51. The van der Waals surface area contributed by atoms with Crippen molar-refractivity contribution in [1.29, 1.82) is 0 Å². The van der Waals surface area contributed by atoms with Gasteiger partial charge in [-0.15, -0.1) is 11.3 Å². The first kappa shape index (κ1) is 23.2. The molecule has 1 amide bonds. The lowest BCUT2D eigenvalue weighted by atomic mass is 10.0. The Kier molecular flexibility index (Phi) is 6.58. The van der Waals surface area contributed by atoms with Gasteiger partial charge >= 0.3 is 0 Å². The van der Waals surface area contributed by atoms with Crippen LogP contribution in [0.1, 0.15) is 53.0 Å². The fourth-order valence-electron chi connectivity index (χ4n) is 5.13. The van der Waals surface area contributed by atoms with Gasteiger partial charge in [0.15, 0.2) is 0 Å². The highest BCUT2D eigenvalue weighted by Crippen LogP contribution is 2.39. The number of benzene rings is 1. The Balaban J connectivity index is 1.44. The van der Waals surface area contributed by atoms with Gasteiger partial charge in [0.05, 0.1) is 5.39 Å². The molecule has 5 rings (SSSR count). The number of piperazine rings is 1. The van der Waals surface area contributed by atoms with E-state index in [0.29, 0.717) is 19.0 Å². The van der Waals surface area contributed by atoms with Crippen molar-refractivity contribution in [2.24, 2.45) is 5.92 Å². The smallest absolute Gasteiger partial charge is 0.254 e. The van der Waals surface area contributed by atoms with E-state index >= 15 is 0 Å². The summed E-state index contributed by atoms with van der Waals surface area (Å²) < 4.78 is 0. The van der Waals surface area contributed by atoms with Crippen molar-refractivity contribution in [2.45, 2.75) is 47.1 Å². The van der Waals surface area contributed by atoms with Crippen molar-refractivity contribution >= 4 is 33.3 Å². The number of carbonyl (C=O) groups is 1. The second-order valence-electron chi connectivity index (χ2n) is 9.96. The van der Waals surface area contributed by atoms with E-state index in [1.54, 1.807) is 0 Å². The minimum absolute atomic E-state index is 0.138. The molecule has 2 aliphatic heterocycles. The van der Waals surface area contributed by atoms with Crippen molar-refractivity contribution in [1.82, 2.24) is 19.8 Å². The molecule has 4 heterocycles. The first-order valence-corrected chi connectivity index (χ1v) is 13.4. The molecule has 0 aliphatic carbocycles. The molecule has 0 atom stereocenters. The Morgan fingerprint density at radius 2 is 1.85 bits per heavy atom. The molecule has 180 valence electrons. The van der Waals surface area contributed by atoms with Gasteiger partial charge in [0, 0.05) is 56.1 Å². The van der Waals surface area contributed by atoms with Gasteiger partial charge in [-0.05, 0) is 43.0 Å². The monoisotopic (exact) mass is 477 g/mol. The lowest BCUT2D eigenvalue weighted by molar-refractivity contribution is 0.0746. The van der Waals surface area contributed by atoms with Gasteiger partial charge in [-0.3, -0.25) is 9.69 Å². The molecule has 2 aliphatic rings. The van der Waals surface area contributed by atoms with Crippen LogP contribution in [0.25, 0.3) is 10.2 Å². The zero-order valence-electron chi connectivity index (χ0n) is 20.8. The number of carbonyl (C=O) groups excluding carboxylic acids is 1. The third-order valence-electron chi connectivity index (χ3n) is 7.09. The number of hydrogen-bond acceptors (Lipinski definition) is 6. The summed E-state index contributed by atoms with van der Waals surface area (Å²) in [5.41, 5.74) is 3.30. The number of aromatic nitrogens is 2. The quantitative estimate of drug-likeness (QED) is 0.540. The molecule has 7 heteroatoms. The predicted molar refractivity (Wildman–Crippen MR) is 140 cm³/mol. The number of fused-ring (bicyclic) bond motifs is 3. The van der Waals surface area contributed by atoms with Crippen LogP contribution in [0.2, 0.25) is 0 Å². The van der Waals surface area contributed by atoms with Crippen LogP contribution in [-0.4, -0.2) is 64.9 Å². The molecule has 34 heavy (non-hydrogen) atoms. The Morgan fingerprint density at radius 3 is 2.56 bits per heavy atom. The van der Waals surface area contributed by atoms with Gasteiger partial charge in [0.25, 0.3) is 5.91 Å². The molecule has 0 N–H and O–H groups in total. The highest BCUT2D eigenvalue weighted by Gasteiger charge is 2.29. The summed E-state index contributed by atoms with van der Waals surface area (Å²) in [4.78, 5) is 32.8. The summed E-state index contributed by atoms with van der Waals surface area (Å²) in [6.45, 7) is 14.9. The summed E-state index contributed by atoms with van der Waals surface area (Å²) in [5.74, 6) is 2.69. The van der Waals surface area contributed by atoms with E-state index in [4.69, 9.17) is 9.97 Å². The number of likely N-dealkylation sites (N-methyl/N-ethyl adjacent to an activating group) is 1. The van der Waals surface area contributed by atoms with Crippen molar-refractivity contribution in [3.8, 4) is 0 Å². The van der Waals surface area contributed by atoms with E-state index < -0.39 is 0 Å². The van der Waals surface area contributed by atoms with Crippen molar-refractivity contribution in [3.63, 3.8) is 0 Å². The molecule has 1 aromatic carbocycles. The lowest BCUT2D eigenvalue weighted by Crippen LogP contribution is -2.49. The summed E-state index contributed by atoms with van der Waals surface area (Å²) in [6, 6.07) is 7.88. The number of amides is 1. The Morgan fingerprint density at radius 1 is 1.09 bits per heavy atom. The van der Waals surface area contributed by atoms with Gasteiger partial charge in [-0.1, -0.05) is 39.0 Å². The van der Waals surface area contributed by atoms with Crippen molar-refractivity contribution in [3.05, 3.63) is 51.7 Å². The van der Waals surface area contributed by atoms with Crippen LogP contribution < -0.4 is 4.90 Å². The van der Waals surface area contributed by atoms with Crippen molar-refractivity contribution < 1.29 is 4.79 Å². The highest BCUT2D eigenvalue weighted by atomic mass is 32.1. The van der Waals surface area contributed by atoms with E-state index in [1.807, 2.05) is 47.4 Å². The molecule has 0 spiro atoms. The number of hydrogen-bond donors (Lipinski definition) is 0. The van der Waals surface area contributed by atoms with Gasteiger partial charge < -0.3 is 9.80 Å². The van der Waals surface area contributed by atoms with E-state index in [9.17, 15) is 4.79 Å². The standard InChI is InChI=1S/C27H35N5OS/c1-5-30-11-10-21-22(17-30)34-26-24(21)25(28-23(29-26)16-18(2)3)31-12-14-32(15-13-31)27(33)20-9-7-6-8-19(20)4/h6-9,18H,5,10-17H2,1-4H3. The number of anilines is 1. The topological polar surface area (TPSA) is 52.6 Å². The fraction of sp³-hybridized carbons (Fsp3) is 0.519. The van der Waals surface area contributed by atoms with E-state index in [0.717, 1.165) is 73.2 Å². The van der Waals surface area contributed by atoms with Gasteiger partial charge in [0.2, 0.25) is 0 Å². The SMILES string of the molecule is CCN1CCc2c(sc3nc(CC(C)C)nc(N4CCN(C(=O)c5ccccc5C)CC4)c23)C1. The van der Waals surface area contributed by atoms with E-state index in [2.05, 4.69) is 30.6 Å². The minimum atomic E-state index is 0.138. The van der Waals surface area contributed by atoms with Gasteiger partial charge in [-0.25, -0.2) is 9.97 Å². The molecule has 0 radical (unpaired) electrons. The Labute approximate surface area is 206 Å². The van der Waals surface area contributed by atoms with Crippen LogP contribution in [0.15, 0.2) is 24.3 Å². The van der Waals surface area contributed by atoms with Gasteiger partial charge in [-0.2, -0.15) is 0 Å². The molecule has 1 saturated heterocycles. The van der Waals surface area contributed by atoms with Crippen LogP contribution in [-0.2, 0) is 19.4 Å². The lowest BCUT2D eigenvalue weighted by Gasteiger charge is -2.36. The number of nitrogens with zero attached hydrogens (tertiary/aromatic N) is 5. The van der Waals surface area contributed by atoms with Gasteiger partial charge in [0.1, 0.15) is 16.5 Å². The summed E-state index contributed by atoms with van der Waals surface area (Å²) in [6.07, 6.45) is 1.95. The molecule has 6 nitrogen and oxygen atoms in total. The first-order valence-electron chi connectivity index (χ1n) is 12.6. The minimum Gasteiger partial charge on any atom is -0.352 e. The van der Waals surface area contributed by atoms with Crippen LogP contribution >= 0.6 is 11.3 Å². The fourth-order valence-corrected chi connectivity index (χ4v) is 6.41. The molecule has 0 bridgehead atoms. The molecule has 3 aromatic rings. The third kappa shape index (κ3) is 4.43. The average Bonchev–Trinajstić information content (AvgIpc) is 3.20. The summed E-state index contributed by atoms with van der Waals surface area (Å²) in [5, 5.41) is 1.27. The van der Waals surface area contributed by atoms with Crippen LogP contribution in [0.4, 0.5) is 5.82 Å². The number of thiophene rings is 1. The summed E-state index contributed by atoms with van der Waals surface area (Å²) >= 11 is 1.86. The van der Waals surface area contributed by atoms with E-state index in [-0.39, 0.29) is 5.91 Å². The maximum absolute atomic E-state index is 13.1. The second kappa shape index (κ2) is 9.62. The maximum atomic E-state index is 13.1. The van der Waals surface area contributed by atoms with Crippen LogP contribution in [0.3, 0.4) is 0 Å². The molecule has 1 fully saturated rings. The zero-order valence-corrected chi connectivity index (χ0v) is 21.6. The normalized spacial score (nSPS) is 17.0. The molecule has 0 saturated carbocycles. The molecular formula is C27H35N5OS. The second-order valence-corrected chi connectivity index (χ2v) is 11.0. The van der Waals surface area contributed by atoms with Crippen LogP contribution in [0, 0.1) is 12.8 Å². The molecular weight excluding hydrogens is 442 g/mol.